The van der Waals surface area contributed by atoms with E-state index in [4.69, 9.17) is 19.2 Å². The van der Waals surface area contributed by atoms with Gasteiger partial charge in [0.2, 0.25) is 0 Å². The lowest BCUT2D eigenvalue weighted by Crippen LogP contribution is -2.48. The first kappa shape index (κ1) is 14.9. The summed E-state index contributed by atoms with van der Waals surface area (Å²) in [5, 5.41) is 0. The van der Waals surface area contributed by atoms with Crippen molar-refractivity contribution in [2.24, 2.45) is 0 Å². The largest absolute Gasteiger partial charge is 0.373 e. The molecule has 0 aliphatic carbocycles. The van der Waals surface area contributed by atoms with Gasteiger partial charge < -0.3 is 4.74 Å². The van der Waals surface area contributed by atoms with Gasteiger partial charge in [0.05, 0.1) is 17.7 Å². The summed E-state index contributed by atoms with van der Waals surface area (Å²) in [5.41, 5.74) is 0. The fraction of sp³-hybridized carbons (Fsp3) is 1.00. The van der Waals surface area contributed by atoms with Crippen LogP contribution in [0.4, 0.5) is 0 Å². The number of hydroxylamine groups is 3. The number of nitrogens with zero attached hydrogens (tertiary/aromatic N) is 1. The maximum atomic E-state index is 5.59. The predicted octanol–water partition coefficient (Wildman–Crippen LogP) is 2.23. The van der Waals surface area contributed by atoms with Crippen molar-refractivity contribution in [3.05, 3.63) is 0 Å². The van der Waals surface area contributed by atoms with Crippen LogP contribution >= 0.6 is 0 Å². The number of hydrogen-bond donors (Lipinski definition) is 0. The molecule has 5 heteroatoms. The van der Waals surface area contributed by atoms with E-state index in [-0.39, 0.29) is 4.97 Å². The van der Waals surface area contributed by atoms with Crippen LogP contribution in [0.3, 0.4) is 0 Å². The minimum atomic E-state index is -0.130. The summed E-state index contributed by atoms with van der Waals surface area (Å²) >= 11 is 0. The van der Waals surface area contributed by atoms with E-state index in [0.717, 1.165) is 32.4 Å². The third-order valence-corrected chi connectivity index (χ3v) is 2.59. The van der Waals surface area contributed by atoms with E-state index in [1.165, 1.54) is 0 Å². The Kier molecular flexibility index (Phi) is 6.99. The van der Waals surface area contributed by atoms with Gasteiger partial charge in [-0.3, -0.25) is 0 Å². The van der Waals surface area contributed by atoms with Crippen LogP contribution in [-0.2, 0) is 19.2 Å². The van der Waals surface area contributed by atoms with Crippen molar-refractivity contribution in [3.8, 4) is 0 Å². The molecule has 1 rings (SSSR count). The molecular weight excluding hydrogens is 222 g/mol. The zero-order valence-corrected chi connectivity index (χ0v) is 11.3. The summed E-state index contributed by atoms with van der Waals surface area (Å²) in [6, 6.07) is 0. The Hall–Kier alpha value is -0.200. The highest BCUT2D eigenvalue weighted by molar-refractivity contribution is 4.67. The second-order valence-corrected chi connectivity index (χ2v) is 4.04. The van der Waals surface area contributed by atoms with Gasteiger partial charge in [0.15, 0.2) is 6.54 Å². The molecule has 0 aromatic carbocycles. The minimum absolute atomic E-state index is 0.130. The van der Waals surface area contributed by atoms with Crippen molar-refractivity contribution in [1.29, 1.82) is 0 Å². The van der Waals surface area contributed by atoms with E-state index in [9.17, 15) is 0 Å². The molecule has 0 bridgehead atoms. The summed E-state index contributed by atoms with van der Waals surface area (Å²) in [5.74, 6) is 0. The quantitative estimate of drug-likeness (QED) is 0.243. The highest BCUT2D eigenvalue weighted by Gasteiger charge is 2.33. The smallest absolute Gasteiger partial charge is 0.178 e. The monoisotopic (exact) mass is 248 g/mol. The van der Waals surface area contributed by atoms with Crippen LogP contribution < -0.4 is 0 Å². The first-order chi connectivity index (χ1) is 8.26. The number of quaternary nitrogens is 1. The summed E-state index contributed by atoms with van der Waals surface area (Å²) in [4.78, 5) is 16.7. The molecule has 0 saturated carbocycles. The van der Waals surface area contributed by atoms with Gasteiger partial charge in [-0.05, 0) is 33.6 Å². The maximum absolute atomic E-state index is 5.59. The van der Waals surface area contributed by atoms with E-state index < -0.39 is 0 Å². The van der Waals surface area contributed by atoms with Crippen molar-refractivity contribution in [2.75, 3.05) is 33.0 Å². The first-order valence-electron chi connectivity index (χ1n) is 6.69. The molecule has 0 aromatic rings. The second-order valence-electron chi connectivity index (χ2n) is 4.04. The summed E-state index contributed by atoms with van der Waals surface area (Å²) in [6.07, 6.45) is 3.77. The van der Waals surface area contributed by atoms with E-state index in [1.807, 2.05) is 20.8 Å². The van der Waals surface area contributed by atoms with Crippen LogP contribution in [0.2, 0.25) is 0 Å². The Morgan fingerprint density at radius 3 is 1.94 bits per heavy atom. The van der Waals surface area contributed by atoms with Gasteiger partial charge in [0, 0.05) is 6.42 Å². The zero-order chi connectivity index (χ0) is 12.6. The average Bonchev–Trinajstić information content (AvgIpc) is 3.09. The van der Waals surface area contributed by atoms with Crippen molar-refractivity contribution in [3.63, 3.8) is 0 Å². The van der Waals surface area contributed by atoms with Crippen LogP contribution in [-0.4, -0.2) is 44.0 Å². The molecule has 5 nitrogen and oxygen atoms in total. The molecule has 0 N–H and O–H groups in total. The first-order valence-corrected chi connectivity index (χ1v) is 6.69. The van der Waals surface area contributed by atoms with Crippen molar-refractivity contribution < 1.29 is 24.2 Å². The lowest BCUT2D eigenvalue weighted by molar-refractivity contribution is -1.37. The number of epoxide rings is 1. The molecule has 1 atom stereocenters. The van der Waals surface area contributed by atoms with Gasteiger partial charge in [-0.1, -0.05) is 0 Å². The van der Waals surface area contributed by atoms with E-state index in [2.05, 4.69) is 0 Å². The molecule has 0 amide bonds. The van der Waals surface area contributed by atoms with Crippen LogP contribution in [0.1, 0.15) is 40.0 Å². The summed E-state index contributed by atoms with van der Waals surface area (Å²) in [7, 11) is 0. The van der Waals surface area contributed by atoms with Crippen molar-refractivity contribution in [1.82, 2.24) is 0 Å². The third kappa shape index (κ3) is 5.79. The SMILES string of the molecule is CCO[N+](CCCCC1CO1)(OCC)OCC. The van der Waals surface area contributed by atoms with E-state index >= 15 is 0 Å². The van der Waals surface area contributed by atoms with Gasteiger partial charge in [-0.2, -0.15) is 0 Å². The van der Waals surface area contributed by atoms with Crippen LogP contribution in [0.25, 0.3) is 0 Å². The maximum Gasteiger partial charge on any atom is 0.178 e. The second kappa shape index (κ2) is 8.00. The van der Waals surface area contributed by atoms with Crippen LogP contribution in [0.15, 0.2) is 0 Å². The Bertz CT molecular complexity index is 180. The molecule has 1 aliphatic rings. The molecule has 0 spiro atoms. The third-order valence-electron chi connectivity index (χ3n) is 2.59. The fourth-order valence-corrected chi connectivity index (χ4v) is 1.81. The zero-order valence-electron chi connectivity index (χ0n) is 11.3. The molecule has 17 heavy (non-hydrogen) atoms. The van der Waals surface area contributed by atoms with Gasteiger partial charge in [0.25, 0.3) is 0 Å². The molecule has 1 aliphatic heterocycles. The fourth-order valence-electron chi connectivity index (χ4n) is 1.81. The Balaban J connectivity index is 2.29. The lowest BCUT2D eigenvalue weighted by atomic mass is 10.2. The Morgan fingerprint density at radius 1 is 1.00 bits per heavy atom. The molecule has 0 aromatic heterocycles. The predicted molar refractivity (Wildman–Crippen MR) is 63.6 cm³/mol. The van der Waals surface area contributed by atoms with Crippen LogP contribution in [0.5, 0.6) is 0 Å². The number of hydrogen-bond acceptors (Lipinski definition) is 4. The molecular formula is C12H26NO4+. The van der Waals surface area contributed by atoms with E-state index in [1.54, 1.807) is 0 Å². The molecule has 0 radical (unpaired) electrons. The topological polar surface area (TPSA) is 40.2 Å². The number of ether oxygens (including phenoxy) is 1. The highest BCUT2D eigenvalue weighted by Crippen LogP contribution is 2.19. The van der Waals surface area contributed by atoms with Gasteiger partial charge in [0.1, 0.15) is 19.8 Å². The molecule has 102 valence electrons. The molecule has 1 heterocycles. The Morgan fingerprint density at radius 2 is 1.53 bits per heavy atom. The normalized spacial score (nSPS) is 19.6. The molecule has 1 unspecified atom stereocenters. The van der Waals surface area contributed by atoms with E-state index in [0.29, 0.717) is 25.9 Å². The summed E-state index contributed by atoms with van der Waals surface area (Å²) in [6.45, 7) is 9.23. The lowest BCUT2D eigenvalue weighted by Gasteiger charge is -2.28. The Labute approximate surface area is 104 Å². The standard InChI is InChI=1S/C12H26NO4/c1-4-15-13(16-5-2,17-6-3)10-8-7-9-12-11-14-12/h12H,4-11H2,1-3H3/q+1. The summed E-state index contributed by atoms with van der Waals surface area (Å²) < 4.78 is 5.18. The average molecular weight is 248 g/mol. The highest BCUT2D eigenvalue weighted by atomic mass is 17.2. The van der Waals surface area contributed by atoms with Gasteiger partial charge in [-0.15, -0.1) is 14.5 Å². The van der Waals surface area contributed by atoms with Crippen molar-refractivity contribution >= 4 is 0 Å². The molecule has 1 saturated heterocycles. The van der Waals surface area contributed by atoms with Gasteiger partial charge in [-0.25, -0.2) is 0 Å². The number of rotatable bonds is 11. The van der Waals surface area contributed by atoms with Crippen molar-refractivity contribution in [2.45, 2.75) is 46.1 Å². The molecule has 1 fully saturated rings. The van der Waals surface area contributed by atoms with Gasteiger partial charge >= 0.3 is 0 Å². The van der Waals surface area contributed by atoms with Crippen LogP contribution in [0, 0.1) is 0 Å². The minimum Gasteiger partial charge on any atom is -0.373 e. The number of unbranched alkanes of at least 4 members (excludes halogenated alkanes) is 1.